The molecule has 0 N–H and O–H groups in total. The Balaban J connectivity index is 2.13. The van der Waals surface area contributed by atoms with Gasteiger partial charge >= 0.3 is 0 Å². The maximum absolute atomic E-state index is 12.6. The molecule has 1 aromatic carbocycles. The van der Waals surface area contributed by atoms with Crippen LogP contribution in [-0.2, 0) is 0 Å². The molecule has 0 fully saturated rings. The molecule has 0 atom stereocenters. The number of hydrogen-bond donors (Lipinski definition) is 0. The van der Waals surface area contributed by atoms with E-state index in [0.717, 1.165) is 22.6 Å². The number of rotatable bonds is 0. The van der Waals surface area contributed by atoms with Gasteiger partial charge in [0.05, 0.1) is 4.91 Å². The van der Waals surface area contributed by atoms with Crippen molar-refractivity contribution in [1.29, 1.82) is 0 Å². The van der Waals surface area contributed by atoms with Crippen LogP contribution >= 0.6 is 11.8 Å². The van der Waals surface area contributed by atoms with Crippen molar-refractivity contribution in [3.8, 4) is 11.8 Å². The molecular weight excluding hydrogens is 195 g/mol. The Morgan fingerprint density at radius 1 is 1.14 bits per heavy atom. The second-order valence-electron chi connectivity index (χ2n) is 2.96. The van der Waals surface area contributed by atoms with Crippen LogP contribution in [0.4, 0.5) is 4.39 Å². The summed E-state index contributed by atoms with van der Waals surface area (Å²) in [5.74, 6) is 6.99. The Morgan fingerprint density at radius 3 is 2.57 bits per heavy atom. The van der Waals surface area contributed by atoms with Crippen molar-refractivity contribution in [3.05, 3.63) is 46.6 Å². The van der Waals surface area contributed by atoms with Gasteiger partial charge in [-0.2, -0.15) is 0 Å². The van der Waals surface area contributed by atoms with Gasteiger partial charge in [-0.15, -0.1) is 11.8 Å². The molecule has 1 aliphatic heterocycles. The highest BCUT2D eigenvalue weighted by Gasteiger charge is 2.00. The van der Waals surface area contributed by atoms with Crippen molar-refractivity contribution in [2.75, 3.05) is 5.75 Å². The smallest absolute Gasteiger partial charge is 0.123 e. The molecule has 1 heterocycles. The lowest BCUT2D eigenvalue weighted by atomic mass is 10.2. The van der Waals surface area contributed by atoms with Crippen LogP contribution in [0.2, 0.25) is 0 Å². The van der Waals surface area contributed by atoms with Crippen molar-refractivity contribution in [2.24, 2.45) is 0 Å². The normalized spacial score (nSPS) is 14.5. The highest BCUT2D eigenvalue weighted by Crippen LogP contribution is 2.23. The standard InChI is InChI=1S/C12H9FS/c13-11-6-3-10(4-7-11)5-8-12-2-1-9-14-12/h2-4,6-7H,1,9H2. The first-order valence-electron chi connectivity index (χ1n) is 4.45. The molecule has 1 aliphatic rings. The third-order valence-corrected chi connectivity index (χ3v) is 2.90. The number of thioether (sulfide) groups is 1. The first-order chi connectivity index (χ1) is 6.84. The van der Waals surface area contributed by atoms with E-state index in [0.29, 0.717) is 0 Å². The van der Waals surface area contributed by atoms with Gasteiger partial charge in [0.15, 0.2) is 0 Å². The van der Waals surface area contributed by atoms with Gasteiger partial charge in [-0.3, -0.25) is 0 Å². The molecule has 0 saturated heterocycles. The quantitative estimate of drug-likeness (QED) is 0.585. The van der Waals surface area contributed by atoms with Crippen LogP contribution in [0.15, 0.2) is 35.2 Å². The third kappa shape index (κ3) is 2.40. The average molecular weight is 204 g/mol. The SMILES string of the molecule is Fc1ccc(C#CC2=CCCS2)cc1. The van der Waals surface area contributed by atoms with Gasteiger partial charge < -0.3 is 0 Å². The van der Waals surface area contributed by atoms with Gasteiger partial charge in [0.2, 0.25) is 0 Å². The maximum Gasteiger partial charge on any atom is 0.123 e. The molecule has 14 heavy (non-hydrogen) atoms. The van der Waals surface area contributed by atoms with Gasteiger partial charge in [-0.05, 0) is 30.7 Å². The summed E-state index contributed by atoms with van der Waals surface area (Å²) >= 11 is 1.78. The van der Waals surface area contributed by atoms with E-state index in [9.17, 15) is 4.39 Å². The summed E-state index contributed by atoms with van der Waals surface area (Å²) in [5, 5.41) is 0. The van der Waals surface area contributed by atoms with E-state index < -0.39 is 0 Å². The molecule has 0 aromatic heterocycles. The van der Waals surface area contributed by atoms with E-state index in [2.05, 4.69) is 17.9 Å². The number of allylic oxidation sites excluding steroid dienone is 2. The van der Waals surface area contributed by atoms with Crippen LogP contribution in [0.3, 0.4) is 0 Å². The highest BCUT2D eigenvalue weighted by molar-refractivity contribution is 8.03. The van der Waals surface area contributed by atoms with Gasteiger partial charge in [-0.1, -0.05) is 17.9 Å². The van der Waals surface area contributed by atoms with Crippen molar-refractivity contribution >= 4 is 11.8 Å². The number of benzene rings is 1. The molecule has 2 rings (SSSR count). The minimum atomic E-state index is -0.218. The summed E-state index contributed by atoms with van der Waals surface area (Å²) in [6.07, 6.45) is 3.25. The zero-order valence-electron chi connectivity index (χ0n) is 7.59. The molecule has 70 valence electrons. The van der Waals surface area contributed by atoms with E-state index in [1.165, 1.54) is 12.1 Å². The summed E-state index contributed by atoms with van der Waals surface area (Å²) in [5.41, 5.74) is 0.861. The Morgan fingerprint density at radius 2 is 1.93 bits per heavy atom. The van der Waals surface area contributed by atoms with Gasteiger partial charge in [-0.25, -0.2) is 4.39 Å². The lowest BCUT2D eigenvalue weighted by molar-refractivity contribution is 0.627. The third-order valence-electron chi connectivity index (χ3n) is 1.88. The van der Waals surface area contributed by atoms with Crippen molar-refractivity contribution in [3.63, 3.8) is 0 Å². The molecule has 0 nitrogen and oxygen atoms in total. The van der Waals surface area contributed by atoms with Crippen LogP contribution < -0.4 is 0 Å². The van der Waals surface area contributed by atoms with Crippen LogP contribution in [0.5, 0.6) is 0 Å². The monoisotopic (exact) mass is 204 g/mol. The fourth-order valence-electron chi connectivity index (χ4n) is 1.17. The maximum atomic E-state index is 12.6. The Kier molecular flexibility index (Phi) is 2.90. The molecule has 0 saturated carbocycles. The zero-order valence-corrected chi connectivity index (χ0v) is 8.40. The summed E-state index contributed by atoms with van der Waals surface area (Å²) in [6, 6.07) is 6.26. The molecule has 0 bridgehead atoms. The van der Waals surface area contributed by atoms with E-state index in [1.54, 1.807) is 23.9 Å². The molecule has 0 amide bonds. The van der Waals surface area contributed by atoms with Gasteiger partial charge in [0, 0.05) is 11.3 Å². The summed E-state index contributed by atoms with van der Waals surface area (Å²) in [6.45, 7) is 0. The topological polar surface area (TPSA) is 0 Å². The molecule has 1 aromatic rings. The van der Waals surface area contributed by atoms with E-state index in [4.69, 9.17) is 0 Å². The minimum Gasteiger partial charge on any atom is -0.207 e. The van der Waals surface area contributed by atoms with Gasteiger partial charge in [0.1, 0.15) is 5.82 Å². The van der Waals surface area contributed by atoms with Crippen molar-refractivity contribution < 1.29 is 4.39 Å². The largest absolute Gasteiger partial charge is 0.207 e. The first kappa shape index (κ1) is 9.36. The predicted octanol–water partition coefficient (Wildman–Crippen LogP) is 3.20. The second-order valence-corrected chi connectivity index (χ2v) is 4.10. The van der Waals surface area contributed by atoms with E-state index >= 15 is 0 Å². The zero-order chi connectivity index (χ0) is 9.80. The van der Waals surface area contributed by atoms with Crippen molar-refractivity contribution in [2.45, 2.75) is 6.42 Å². The molecule has 2 heteroatoms. The fraction of sp³-hybridized carbons (Fsp3) is 0.167. The fourth-order valence-corrected chi connectivity index (χ4v) is 1.99. The second kappa shape index (κ2) is 4.34. The Bertz CT molecular complexity index is 406. The van der Waals surface area contributed by atoms with Gasteiger partial charge in [0.25, 0.3) is 0 Å². The van der Waals surface area contributed by atoms with Crippen molar-refractivity contribution in [1.82, 2.24) is 0 Å². The summed E-state index contributed by atoms with van der Waals surface area (Å²) in [4.78, 5) is 1.13. The lowest BCUT2D eigenvalue weighted by Gasteiger charge is -1.89. The van der Waals surface area contributed by atoms with Crippen LogP contribution in [0.25, 0.3) is 0 Å². The Labute approximate surface area is 87.2 Å². The highest BCUT2D eigenvalue weighted by atomic mass is 32.2. The molecule has 0 aliphatic carbocycles. The number of hydrogen-bond acceptors (Lipinski definition) is 1. The average Bonchev–Trinajstić information content (AvgIpc) is 2.70. The minimum absolute atomic E-state index is 0.218. The number of halogens is 1. The van der Waals surface area contributed by atoms with Crippen LogP contribution in [-0.4, -0.2) is 5.75 Å². The summed E-state index contributed by atoms with van der Waals surface area (Å²) < 4.78 is 12.6. The molecular formula is C12H9FS. The first-order valence-corrected chi connectivity index (χ1v) is 5.44. The lowest BCUT2D eigenvalue weighted by Crippen LogP contribution is -1.75. The molecule has 0 radical (unpaired) electrons. The van der Waals surface area contributed by atoms with E-state index in [1.807, 2.05) is 0 Å². The van der Waals surface area contributed by atoms with Crippen LogP contribution in [0.1, 0.15) is 12.0 Å². The van der Waals surface area contributed by atoms with Crippen LogP contribution in [0, 0.1) is 17.7 Å². The predicted molar refractivity (Wildman–Crippen MR) is 58.4 cm³/mol. The summed E-state index contributed by atoms with van der Waals surface area (Å²) in [7, 11) is 0. The Hall–Kier alpha value is -1.20. The van der Waals surface area contributed by atoms with E-state index in [-0.39, 0.29) is 5.82 Å². The molecule has 0 spiro atoms. The molecule has 0 unspecified atom stereocenters.